The van der Waals surface area contributed by atoms with Crippen LogP contribution in [0.2, 0.25) is 0 Å². The summed E-state index contributed by atoms with van der Waals surface area (Å²) in [5.41, 5.74) is 1.12. The maximum Gasteiger partial charge on any atom is 0.319 e. The van der Waals surface area contributed by atoms with Crippen LogP contribution >= 0.6 is 0 Å². The fourth-order valence-corrected chi connectivity index (χ4v) is 4.89. The average molecular weight is 416 g/mol. The van der Waals surface area contributed by atoms with Crippen LogP contribution in [0.5, 0.6) is 11.5 Å². The summed E-state index contributed by atoms with van der Waals surface area (Å²) in [4.78, 5) is 31.7. The van der Waals surface area contributed by atoms with E-state index < -0.39 is 0 Å². The molecule has 3 amide bonds. The van der Waals surface area contributed by atoms with E-state index in [2.05, 4.69) is 11.0 Å². The Morgan fingerprint density at radius 1 is 1.00 bits per heavy atom. The third-order valence-electron chi connectivity index (χ3n) is 6.64. The molecule has 0 N–H and O–H groups in total. The number of hydrogen-bond donors (Lipinski definition) is 0. The topological polar surface area (TPSA) is 62.3 Å². The molecule has 1 unspecified atom stereocenters. The maximum absolute atomic E-state index is 13.4. The molecule has 4 rings (SSSR count). The number of urea groups is 1. The largest absolute Gasteiger partial charge is 0.486 e. The highest BCUT2D eigenvalue weighted by Gasteiger charge is 2.36. The molecule has 0 aromatic heterocycles. The van der Waals surface area contributed by atoms with Crippen LogP contribution in [0.25, 0.3) is 0 Å². The Morgan fingerprint density at radius 2 is 1.70 bits per heavy atom. The van der Waals surface area contributed by atoms with Crippen molar-refractivity contribution in [2.75, 3.05) is 45.9 Å². The number of nitrogens with zero attached hydrogens (tertiary/aromatic N) is 3. The van der Waals surface area contributed by atoms with E-state index >= 15 is 0 Å². The fourth-order valence-electron chi connectivity index (χ4n) is 4.89. The number of rotatable bonds is 4. The number of likely N-dealkylation sites (tertiary alicyclic amines) is 2. The van der Waals surface area contributed by atoms with E-state index in [1.54, 1.807) is 0 Å². The van der Waals surface area contributed by atoms with Crippen LogP contribution in [-0.4, -0.2) is 72.6 Å². The Labute approximate surface area is 178 Å². The lowest BCUT2D eigenvalue weighted by Crippen LogP contribution is -2.48. The molecule has 2 saturated heterocycles. The second kappa shape index (κ2) is 9.14. The van der Waals surface area contributed by atoms with Gasteiger partial charge in [0.1, 0.15) is 13.2 Å². The lowest BCUT2D eigenvalue weighted by molar-refractivity contribution is -0.137. The van der Waals surface area contributed by atoms with Gasteiger partial charge in [0.25, 0.3) is 0 Å². The molecule has 1 aromatic rings. The quantitative estimate of drug-likeness (QED) is 0.757. The number of carbonyl (C=O) groups excluding carboxylic acids is 2. The number of carbonyl (C=O) groups is 2. The Morgan fingerprint density at radius 3 is 2.40 bits per heavy atom. The van der Waals surface area contributed by atoms with Gasteiger partial charge in [0.15, 0.2) is 11.5 Å². The van der Waals surface area contributed by atoms with Crippen molar-refractivity contribution in [2.45, 2.75) is 45.6 Å². The van der Waals surface area contributed by atoms with Gasteiger partial charge >= 0.3 is 6.03 Å². The van der Waals surface area contributed by atoms with Crippen molar-refractivity contribution in [1.82, 2.24) is 14.7 Å². The molecule has 1 atom stereocenters. The van der Waals surface area contributed by atoms with Crippen molar-refractivity contribution in [1.29, 1.82) is 0 Å². The zero-order valence-corrected chi connectivity index (χ0v) is 18.1. The summed E-state index contributed by atoms with van der Waals surface area (Å²) in [6, 6.07) is 6.26. The molecule has 0 saturated carbocycles. The van der Waals surface area contributed by atoms with Crippen molar-refractivity contribution < 1.29 is 19.1 Å². The Hall–Kier alpha value is -2.44. The molecule has 2 fully saturated rings. The van der Waals surface area contributed by atoms with E-state index in [9.17, 15) is 9.59 Å². The Kier molecular flexibility index (Phi) is 6.35. The maximum atomic E-state index is 13.4. The molecular weight excluding hydrogens is 382 g/mol. The first kappa shape index (κ1) is 20.8. The SMILES string of the molecule is CCN(CC)C(=O)N1CCC(C(=O)N2CCCC2c2ccc3c(c2)OCCO3)CC1. The van der Waals surface area contributed by atoms with Gasteiger partial charge in [-0.25, -0.2) is 4.79 Å². The highest BCUT2D eigenvalue weighted by atomic mass is 16.6. The molecule has 7 nitrogen and oxygen atoms in total. The van der Waals surface area contributed by atoms with Crippen LogP contribution < -0.4 is 9.47 Å². The van der Waals surface area contributed by atoms with E-state index in [4.69, 9.17) is 9.47 Å². The van der Waals surface area contributed by atoms with Gasteiger partial charge in [-0.05, 0) is 57.2 Å². The van der Waals surface area contributed by atoms with Gasteiger partial charge in [-0.15, -0.1) is 0 Å². The lowest BCUT2D eigenvalue weighted by atomic mass is 9.94. The molecule has 0 bridgehead atoms. The molecule has 3 aliphatic heterocycles. The van der Waals surface area contributed by atoms with Crippen molar-refractivity contribution in [3.63, 3.8) is 0 Å². The number of amides is 3. The Bertz CT molecular complexity index is 772. The first-order chi connectivity index (χ1) is 14.6. The monoisotopic (exact) mass is 415 g/mol. The summed E-state index contributed by atoms with van der Waals surface area (Å²) < 4.78 is 11.4. The third kappa shape index (κ3) is 4.07. The van der Waals surface area contributed by atoms with Crippen LogP contribution in [0, 0.1) is 5.92 Å². The smallest absolute Gasteiger partial charge is 0.319 e. The fraction of sp³-hybridized carbons (Fsp3) is 0.652. The zero-order valence-electron chi connectivity index (χ0n) is 18.1. The molecule has 7 heteroatoms. The predicted octanol–water partition coefficient (Wildman–Crippen LogP) is 3.30. The van der Waals surface area contributed by atoms with Crippen LogP contribution in [0.4, 0.5) is 4.79 Å². The summed E-state index contributed by atoms with van der Waals surface area (Å²) in [5.74, 6) is 1.80. The van der Waals surface area contributed by atoms with E-state index in [0.717, 1.165) is 62.4 Å². The second-order valence-electron chi connectivity index (χ2n) is 8.31. The first-order valence-corrected chi connectivity index (χ1v) is 11.4. The molecule has 164 valence electrons. The van der Waals surface area contributed by atoms with Gasteiger partial charge in [0.05, 0.1) is 6.04 Å². The third-order valence-corrected chi connectivity index (χ3v) is 6.64. The zero-order chi connectivity index (χ0) is 21.1. The summed E-state index contributed by atoms with van der Waals surface area (Å²) >= 11 is 0. The van der Waals surface area contributed by atoms with Crippen molar-refractivity contribution in [3.05, 3.63) is 23.8 Å². The number of hydrogen-bond acceptors (Lipinski definition) is 4. The average Bonchev–Trinajstić information content (AvgIpc) is 3.29. The minimum Gasteiger partial charge on any atom is -0.486 e. The summed E-state index contributed by atoms with van der Waals surface area (Å²) in [7, 11) is 0. The van der Waals surface area contributed by atoms with Crippen LogP contribution in [0.15, 0.2) is 18.2 Å². The number of ether oxygens (including phenoxy) is 2. The minimum atomic E-state index is 0.00330. The van der Waals surface area contributed by atoms with Crippen molar-refractivity contribution in [2.24, 2.45) is 5.92 Å². The van der Waals surface area contributed by atoms with E-state index in [1.165, 1.54) is 0 Å². The molecule has 0 aliphatic carbocycles. The van der Waals surface area contributed by atoms with Gasteiger partial charge in [0, 0.05) is 38.6 Å². The lowest BCUT2D eigenvalue weighted by Gasteiger charge is -2.37. The van der Waals surface area contributed by atoms with E-state index in [1.807, 2.05) is 35.8 Å². The van der Waals surface area contributed by atoms with Crippen molar-refractivity contribution in [3.8, 4) is 11.5 Å². The molecule has 30 heavy (non-hydrogen) atoms. The van der Waals surface area contributed by atoms with Gasteiger partial charge < -0.3 is 24.2 Å². The van der Waals surface area contributed by atoms with Gasteiger partial charge in [-0.2, -0.15) is 0 Å². The number of fused-ring (bicyclic) bond motifs is 1. The first-order valence-electron chi connectivity index (χ1n) is 11.4. The van der Waals surface area contributed by atoms with Gasteiger partial charge in [-0.1, -0.05) is 6.07 Å². The minimum absolute atomic E-state index is 0.00330. The molecule has 3 aliphatic rings. The number of piperidine rings is 1. The summed E-state index contributed by atoms with van der Waals surface area (Å²) in [6.45, 7) is 8.72. The predicted molar refractivity (Wildman–Crippen MR) is 114 cm³/mol. The molecule has 0 radical (unpaired) electrons. The van der Waals surface area contributed by atoms with Crippen LogP contribution in [0.3, 0.4) is 0 Å². The summed E-state index contributed by atoms with van der Waals surface area (Å²) in [6.07, 6.45) is 3.49. The highest BCUT2D eigenvalue weighted by molar-refractivity contribution is 5.80. The Balaban J connectivity index is 1.39. The van der Waals surface area contributed by atoms with Crippen molar-refractivity contribution >= 4 is 11.9 Å². The van der Waals surface area contributed by atoms with Gasteiger partial charge in [-0.3, -0.25) is 4.79 Å². The molecule has 0 spiro atoms. The van der Waals surface area contributed by atoms with Crippen LogP contribution in [-0.2, 0) is 4.79 Å². The van der Waals surface area contributed by atoms with E-state index in [0.29, 0.717) is 26.3 Å². The van der Waals surface area contributed by atoms with Gasteiger partial charge in [0.2, 0.25) is 5.91 Å². The molecule has 1 aromatic carbocycles. The second-order valence-corrected chi connectivity index (χ2v) is 8.31. The standard InChI is InChI=1S/C23H33N3O4/c1-3-24(4-2)23(28)25-12-9-17(10-13-25)22(27)26-11-5-6-19(26)18-7-8-20-21(16-18)30-15-14-29-20/h7-8,16-17,19H,3-6,9-15H2,1-2H3. The van der Waals surface area contributed by atoms with Crippen LogP contribution in [0.1, 0.15) is 51.1 Å². The normalized spacial score (nSPS) is 21.6. The number of benzene rings is 1. The molecule has 3 heterocycles. The molecular formula is C23H33N3O4. The summed E-state index contributed by atoms with van der Waals surface area (Å²) in [5, 5.41) is 0. The van der Waals surface area contributed by atoms with E-state index in [-0.39, 0.29) is 23.9 Å². The highest BCUT2D eigenvalue weighted by Crippen LogP contribution is 2.39.